The van der Waals surface area contributed by atoms with E-state index < -0.39 is 0 Å². The van der Waals surface area contributed by atoms with Crippen molar-refractivity contribution >= 4 is 50.5 Å². The van der Waals surface area contributed by atoms with E-state index in [-0.39, 0.29) is 11.7 Å². The van der Waals surface area contributed by atoms with E-state index in [9.17, 15) is 4.79 Å². The van der Waals surface area contributed by atoms with Crippen LogP contribution in [-0.2, 0) is 0 Å². The Hall–Kier alpha value is -4.42. The van der Waals surface area contributed by atoms with Gasteiger partial charge in [-0.2, -0.15) is 9.78 Å². The Morgan fingerprint density at radius 3 is 2.63 bits per heavy atom. The van der Waals surface area contributed by atoms with Crippen molar-refractivity contribution in [3.05, 3.63) is 106 Å². The molecule has 0 saturated carbocycles. The zero-order chi connectivity index (χ0) is 26.2. The predicted octanol–water partition coefficient (Wildman–Crippen LogP) is 7.68. The Kier molecular flexibility index (Phi) is 6.18. The molecule has 1 atom stereocenters. The number of aromatic nitrogens is 2. The molecule has 0 aliphatic rings. The molecule has 7 heteroatoms. The van der Waals surface area contributed by atoms with E-state index in [1.165, 1.54) is 4.68 Å². The lowest BCUT2D eigenvalue weighted by Crippen LogP contribution is -2.20. The molecule has 6 aromatic rings. The zero-order valence-corrected chi connectivity index (χ0v) is 21.6. The van der Waals surface area contributed by atoms with Crippen molar-refractivity contribution in [1.82, 2.24) is 9.66 Å². The average Bonchev–Trinajstić information content (AvgIpc) is 3.36. The number of hydrogen-bond acceptors (Lipinski definition) is 5. The van der Waals surface area contributed by atoms with Crippen LogP contribution in [0.5, 0.6) is 5.75 Å². The summed E-state index contributed by atoms with van der Waals surface area (Å²) in [5.41, 5.74) is 1.68. The van der Waals surface area contributed by atoms with Crippen LogP contribution in [0.15, 0.2) is 99.2 Å². The van der Waals surface area contributed by atoms with E-state index in [0.29, 0.717) is 38.8 Å². The number of ether oxygens (including phenoxy) is 1. The maximum absolute atomic E-state index is 13.7. The molecule has 6 nitrogen and oxygen atoms in total. The molecule has 0 fully saturated rings. The van der Waals surface area contributed by atoms with E-state index in [1.54, 1.807) is 30.5 Å². The smallest absolute Gasteiger partial charge is 0.282 e. The predicted molar refractivity (Wildman–Crippen MR) is 154 cm³/mol. The van der Waals surface area contributed by atoms with Gasteiger partial charge in [0, 0.05) is 16.0 Å². The van der Waals surface area contributed by atoms with Gasteiger partial charge >= 0.3 is 0 Å². The van der Waals surface area contributed by atoms with Crippen molar-refractivity contribution in [3.63, 3.8) is 0 Å². The SMILES string of the molecule is CC[C@H](C)Oc1ccc2ccccc2c1C=Nn1c(-c2cc3cc(Cl)ccc3o2)nc2ccccc2c1=O. The van der Waals surface area contributed by atoms with Crippen LogP contribution >= 0.6 is 11.6 Å². The molecule has 0 spiro atoms. The van der Waals surface area contributed by atoms with Crippen LogP contribution in [0.1, 0.15) is 25.8 Å². The third-order valence-electron chi connectivity index (χ3n) is 6.59. The van der Waals surface area contributed by atoms with Crippen LogP contribution in [0.4, 0.5) is 0 Å². The Bertz CT molecular complexity index is 1900. The summed E-state index contributed by atoms with van der Waals surface area (Å²) in [6.07, 6.45) is 2.55. The molecule has 0 aliphatic carbocycles. The number of furan rings is 1. The van der Waals surface area contributed by atoms with Gasteiger partial charge in [-0.25, -0.2) is 4.98 Å². The number of fused-ring (bicyclic) bond motifs is 3. The fraction of sp³-hybridized carbons (Fsp3) is 0.129. The maximum Gasteiger partial charge on any atom is 0.282 e. The van der Waals surface area contributed by atoms with E-state index in [4.69, 9.17) is 25.7 Å². The van der Waals surface area contributed by atoms with Crippen LogP contribution in [-0.4, -0.2) is 22.0 Å². The first-order valence-corrected chi connectivity index (χ1v) is 12.8. The highest BCUT2D eigenvalue weighted by Gasteiger charge is 2.17. The number of halogens is 1. The largest absolute Gasteiger partial charge is 0.490 e. The number of hydrogen-bond donors (Lipinski definition) is 0. The van der Waals surface area contributed by atoms with Crippen molar-refractivity contribution in [2.75, 3.05) is 0 Å². The molecule has 0 bridgehead atoms. The minimum atomic E-state index is -0.301. The summed E-state index contributed by atoms with van der Waals surface area (Å²) in [7, 11) is 0. The van der Waals surface area contributed by atoms with Gasteiger partial charge < -0.3 is 9.15 Å². The van der Waals surface area contributed by atoms with Gasteiger partial charge in [0.2, 0.25) is 5.82 Å². The minimum Gasteiger partial charge on any atom is -0.490 e. The second-order valence-electron chi connectivity index (χ2n) is 9.14. The fourth-order valence-corrected chi connectivity index (χ4v) is 4.62. The van der Waals surface area contributed by atoms with E-state index in [2.05, 4.69) is 12.0 Å². The monoisotopic (exact) mass is 521 g/mol. The molecule has 0 N–H and O–H groups in total. The molecular formula is C31H24ClN3O3. The molecule has 38 heavy (non-hydrogen) atoms. The van der Waals surface area contributed by atoms with Gasteiger partial charge in [0.1, 0.15) is 11.3 Å². The molecule has 6 rings (SSSR count). The Morgan fingerprint density at radius 1 is 1.00 bits per heavy atom. The van der Waals surface area contributed by atoms with E-state index in [0.717, 1.165) is 28.1 Å². The summed E-state index contributed by atoms with van der Waals surface area (Å²) < 4.78 is 13.6. The third-order valence-corrected chi connectivity index (χ3v) is 6.82. The Morgan fingerprint density at radius 2 is 1.79 bits per heavy atom. The normalized spacial score (nSPS) is 12.6. The van der Waals surface area contributed by atoms with Crippen molar-refractivity contribution in [2.24, 2.45) is 5.10 Å². The second-order valence-corrected chi connectivity index (χ2v) is 9.58. The van der Waals surface area contributed by atoms with Crippen LogP contribution in [0.25, 0.3) is 44.2 Å². The molecule has 0 saturated heterocycles. The first-order valence-electron chi connectivity index (χ1n) is 12.5. The molecule has 0 aliphatic heterocycles. The van der Waals surface area contributed by atoms with Crippen LogP contribution in [0.3, 0.4) is 0 Å². The highest BCUT2D eigenvalue weighted by molar-refractivity contribution is 6.31. The van der Waals surface area contributed by atoms with Gasteiger partial charge in [0.25, 0.3) is 5.56 Å². The number of benzene rings is 4. The zero-order valence-electron chi connectivity index (χ0n) is 20.9. The molecule has 2 heterocycles. The summed E-state index contributed by atoms with van der Waals surface area (Å²) in [4.78, 5) is 18.5. The van der Waals surface area contributed by atoms with Crippen LogP contribution in [0.2, 0.25) is 5.02 Å². The Labute approximate surface area is 223 Å². The van der Waals surface area contributed by atoms with Gasteiger partial charge in [0.15, 0.2) is 5.76 Å². The fourth-order valence-electron chi connectivity index (χ4n) is 4.44. The lowest BCUT2D eigenvalue weighted by atomic mass is 10.0. The van der Waals surface area contributed by atoms with Crippen molar-refractivity contribution in [3.8, 4) is 17.3 Å². The summed E-state index contributed by atoms with van der Waals surface area (Å²) in [5, 5.41) is 8.56. The number of para-hydroxylation sites is 1. The number of nitrogens with zero attached hydrogens (tertiary/aromatic N) is 3. The topological polar surface area (TPSA) is 69.6 Å². The lowest BCUT2D eigenvalue weighted by molar-refractivity contribution is 0.217. The Balaban J connectivity index is 1.58. The molecular weight excluding hydrogens is 498 g/mol. The van der Waals surface area contributed by atoms with Crippen molar-refractivity contribution in [1.29, 1.82) is 0 Å². The maximum atomic E-state index is 13.7. The molecule has 0 unspecified atom stereocenters. The van der Waals surface area contributed by atoms with Crippen molar-refractivity contribution in [2.45, 2.75) is 26.4 Å². The van der Waals surface area contributed by atoms with E-state index >= 15 is 0 Å². The molecule has 2 aromatic heterocycles. The highest BCUT2D eigenvalue weighted by Crippen LogP contribution is 2.30. The first kappa shape index (κ1) is 23.9. The van der Waals surface area contributed by atoms with Gasteiger partial charge in [-0.1, -0.05) is 61.0 Å². The summed E-state index contributed by atoms with van der Waals surface area (Å²) in [6.45, 7) is 4.10. The summed E-state index contributed by atoms with van der Waals surface area (Å²) in [5.74, 6) is 1.40. The van der Waals surface area contributed by atoms with Gasteiger partial charge in [0.05, 0.1) is 23.2 Å². The quantitative estimate of drug-likeness (QED) is 0.211. The second kappa shape index (κ2) is 9.80. The lowest BCUT2D eigenvalue weighted by Gasteiger charge is -2.16. The number of rotatable bonds is 6. The van der Waals surface area contributed by atoms with Crippen LogP contribution < -0.4 is 10.3 Å². The van der Waals surface area contributed by atoms with Gasteiger partial charge in [-0.3, -0.25) is 4.79 Å². The van der Waals surface area contributed by atoms with Crippen LogP contribution in [0, 0.1) is 0 Å². The summed E-state index contributed by atoms with van der Waals surface area (Å²) >= 11 is 6.19. The molecule has 4 aromatic carbocycles. The van der Waals surface area contributed by atoms with Crippen molar-refractivity contribution < 1.29 is 9.15 Å². The molecule has 188 valence electrons. The van der Waals surface area contributed by atoms with Gasteiger partial charge in [-0.05, 0) is 66.6 Å². The van der Waals surface area contributed by atoms with E-state index in [1.807, 2.05) is 67.6 Å². The molecule has 0 radical (unpaired) electrons. The first-order chi connectivity index (χ1) is 18.5. The third kappa shape index (κ3) is 4.33. The van der Waals surface area contributed by atoms with Gasteiger partial charge in [-0.15, -0.1) is 0 Å². The highest BCUT2D eigenvalue weighted by atomic mass is 35.5. The standard InChI is InChI=1S/C31H24ClN3O3/c1-3-19(2)37-28-14-12-20-8-4-5-9-23(20)25(28)18-33-35-30(34-26-11-7-6-10-24(26)31(35)36)29-17-21-16-22(32)13-15-27(21)38-29/h4-19H,3H2,1-2H3/t19-/m0/s1. The molecule has 0 amide bonds. The summed E-state index contributed by atoms with van der Waals surface area (Å²) in [6, 6.07) is 26.4. The average molecular weight is 522 g/mol. The minimum absolute atomic E-state index is 0.0197.